The minimum absolute atomic E-state index is 0.00437. The van der Waals surface area contributed by atoms with E-state index in [9.17, 15) is 38.0 Å². The van der Waals surface area contributed by atoms with Gasteiger partial charge in [-0.25, -0.2) is 44.3 Å². The average molecular weight is 1840 g/mol. The van der Waals surface area contributed by atoms with Crippen molar-refractivity contribution in [2.45, 2.75) is 93.1 Å². The fourth-order valence-electron chi connectivity index (χ4n) is 15.7. The van der Waals surface area contributed by atoms with E-state index in [0.717, 1.165) is 88.9 Å². The molecule has 36 heteroatoms. The van der Waals surface area contributed by atoms with Crippen LogP contribution in [0.5, 0.6) is 0 Å². The van der Waals surface area contributed by atoms with E-state index in [1.165, 1.54) is 64.1 Å². The molecule has 3 aliphatic heterocycles. The number of carbonyl (C=O) groups excluding carboxylic acids is 7. The Balaban J connectivity index is 0.000000136. The molecule has 134 heavy (non-hydrogen) atoms. The number of carbonyl (C=O) groups is 7. The summed E-state index contributed by atoms with van der Waals surface area (Å²) in [6.07, 6.45) is 17.4. The smallest absolute Gasteiger partial charge is 0.274 e. The standard InChI is InChI=1S/C26H24N8O.C25H26N6O2.C24H26N6O2S.C23H22ClFN6O2/c27-24-23(25(28)34-33-19-10-12-29-13-11-19)31-22(15-30-24)17-5-3-6-18(14-17)26(35)32-21-9-8-16-4-1-2-7-20(16)21;26-23-22(25(33)29-19-8-9-27-13-19)31-21(14-28-23)17-6-3-7-18(10-17)24(32)30-20-11-15-4-1-2-5-16(15)12-20;1-33-19-7-5-15(6-8-19)12-28-23(31)17-4-2-3-16(11-17)20-14-27-22(25)21(30-20)24(32)29-18-9-10-26-13-18;24-17-5-2-6-18(25)16(17)11-29-22(32)14-4-1-3-13(9-14)19-12-28-21(26)20(31-19)23(33)30-15-7-8-27-10-15/h1-7,10-15,21H,8-9H2,(H2,27,30)(H2,28,34)(H,29,33)(H,32,35);1-7,10,14,19-20,27H,8-9,11-13H2,(H2,26,28)(H,29,33)(H,30,32);2-8,11,14,18,26H,9-10,12-13H2,1H3,(H2,25,27)(H,28,31)(H,29,32);1-6,9,12,15,27H,7-8,10-11H2,(H2,26,28)(H,29,32)(H,30,33)/t21-;19-;18-;15-/m1000/s1. The summed E-state index contributed by atoms with van der Waals surface area (Å²) in [6, 6.07) is 60.7. The molecule has 0 radical (unpaired) electrons. The third-order valence-corrected chi connectivity index (χ3v) is 24.0. The Labute approximate surface area is 780 Å². The molecular weight excluding hydrogens is 1740 g/mol. The number of anilines is 5. The first kappa shape index (κ1) is 93.1. The number of nitrogen functional groups attached to an aromatic ring is 4. The minimum Gasteiger partial charge on any atom is -0.382 e. The van der Waals surface area contributed by atoms with E-state index in [2.05, 4.69) is 133 Å². The second-order valence-electron chi connectivity index (χ2n) is 32.2. The Kier molecular flexibility index (Phi) is 30.8. The van der Waals surface area contributed by atoms with Crippen LogP contribution in [0.25, 0.3) is 45.0 Å². The number of nitrogens with zero attached hydrogens (tertiary/aromatic N) is 9. The molecule has 13 aromatic rings. The molecule has 8 aromatic carbocycles. The van der Waals surface area contributed by atoms with Crippen molar-refractivity contribution in [3.8, 4) is 45.0 Å². The van der Waals surface area contributed by atoms with E-state index in [0.29, 0.717) is 80.4 Å². The number of aryl methyl sites for hydroxylation is 1. The number of nitrogens with two attached hydrogens (primary N) is 4. The molecule has 3 saturated heterocycles. The lowest BCUT2D eigenvalue weighted by Crippen LogP contribution is -2.37. The molecular formula is C98H98ClFN26O7S. The number of hydrogen-bond acceptors (Lipinski definition) is 26. The van der Waals surface area contributed by atoms with Gasteiger partial charge < -0.3 is 76.1 Å². The first-order chi connectivity index (χ1) is 65.1. The highest BCUT2D eigenvalue weighted by Crippen LogP contribution is 2.33. The van der Waals surface area contributed by atoms with Gasteiger partial charge in [-0.3, -0.25) is 54.8 Å². The SMILES string of the molecule is CSc1ccc(CNC(=O)c2cccc(-c3cnc(N)c(C(=O)N[C@H]4CCNC4)n3)c2)cc1.N=C(NNc1ccncc1)c1nc(-c2cccc(C(=O)N[C@@H]3CCc4ccccc43)c2)cnc1N.Nc1ncc(-c2cccc(C(=O)NC3Cc4ccccc4C3)c2)nc1C(=O)N[C@H]1CCNC1.Nc1ncc(-c2cccc(C(=O)NCc3c(F)cccc3Cl)c2)nc1C(=O)N[C@H]1CCNC1. The molecule has 18 rings (SSSR count). The van der Waals surface area contributed by atoms with E-state index in [-0.39, 0.29) is 129 Å². The number of hydrogen-bond donors (Lipinski definition) is 17. The van der Waals surface area contributed by atoms with Crippen molar-refractivity contribution in [2.75, 3.05) is 73.9 Å². The zero-order chi connectivity index (χ0) is 93.6. The molecule has 33 nitrogen and oxygen atoms in total. The van der Waals surface area contributed by atoms with Gasteiger partial charge in [0, 0.05) is 129 Å². The molecule has 0 saturated carbocycles. The van der Waals surface area contributed by atoms with Gasteiger partial charge in [-0.15, -0.1) is 11.8 Å². The number of benzene rings is 8. The summed E-state index contributed by atoms with van der Waals surface area (Å²) >= 11 is 7.69. The molecule has 4 atom stereocenters. The molecule has 8 heterocycles. The Morgan fingerprint density at radius 2 is 0.843 bits per heavy atom. The van der Waals surface area contributed by atoms with Gasteiger partial charge in [0.1, 0.15) is 11.5 Å². The van der Waals surface area contributed by atoms with Crippen LogP contribution < -0.4 is 87.0 Å². The van der Waals surface area contributed by atoms with Crippen LogP contribution in [-0.2, 0) is 32.4 Å². The predicted molar refractivity (Wildman–Crippen MR) is 514 cm³/mol. The lowest BCUT2D eigenvalue weighted by Gasteiger charge is -2.15. The molecule has 682 valence electrons. The zero-order valence-electron chi connectivity index (χ0n) is 72.9. The third kappa shape index (κ3) is 24.2. The fourth-order valence-corrected chi connectivity index (χ4v) is 16.4. The van der Waals surface area contributed by atoms with Crippen LogP contribution in [-0.4, -0.2) is 162 Å². The minimum atomic E-state index is -0.493. The van der Waals surface area contributed by atoms with Gasteiger partial charge in [-0.2, -0.15) is 0 Å². The molecule has 2 aliphatic carbocycles. The number of aromatic nitrogens is 9. The van der Waals surface area contributed by atoms with Crippen molar-refractivity contribution < 1.29 is 38.0 Å². The monoisotopic (exact) mass is 1840 g/mol. The highest BCUT2D eigenvalue weighted by atomic mass is 35.5. The Morgan fingerprint density at radius 1 is 0.440 bits per heavy atom. The first-order valence-corrected chi connectivity index (χ1v) is 45.1. The van der Waals surface area contributed by atoms with Crippen molar-refractivity contribution >= 4 is 99.5 Å². The molecule has 7 amide bonds. The first-order valence-electron chi connectivity index (χ1n) is 43.5. The van der Waals surface area contributed by atoms with Crippen LogP contribution in [0.2, 0.25) is 5.02 Å². The van der Waals surface area contributed by atoms with Crippen molar-refractivity contribution in [1.29, 1.82) is 5.41 Å². The van der Waals surface area contributed by atoms with E-state index in [1.54, 1.807) is 121 Å². The largest absolute Gasteiger partial charge is 0.382 e. The van der Waals surface area contributed by atoms with Crippen LogP contribution in [0.3, 0.4) is 0 Å². The summed E-state index contributed by atoms with van der Waals surface area (Å²) in [5.74, 6) is -2.20. The zero-order valence-corrected chi connectivity index (χ0v) is 74.4. The lowest BCUT2D eigenvalue weighted by atomic mass is 10.1. The summed E-state index contributed by atoms with van der Waals surface area (Å²) in [6.45, 7) is 5.08. The maximum absolute atomic E-state index is 14.0. The van der Waals surface area contributed by atoms with Gasteiger partial charge in [-0.05, 0) is 184 Å². The number of rotatable bonds is 24. The second-order valence-corrected chi connectivity index (χ2v) is 33.4. The van der Waals surface area contributed by atoms with Crippen molar-refractivity contribution in [1.82, 2.24) is 103 Å². The quantitative estimate of drug-likeness (QED) is 0.0116. The van der Waals surface area contributed by atoms with Crippen LogP contribution >= 0.6 is 23.4 Å². The average Bonchev–Trinajstić information content (AvgIpc) is 1.55. The summed E-state index contributed by atoms with van der Waals surface area (Å²) in [7, 11) is 0. The van der Waals surface area contributed by atoms with Crippen molar-refractivity contribution in [2.24, 2.45) is 0 Å². The highest BCUT2D eigenvalue weighted by molar-refractivity contribution is 7.98. The van der Waals surface area contributed by atoms with Crippen molar-refractivity contribution in [3.05, 3.63) is 327 Å². The molecule has 0 unspecified atom stereocenters. The number of amidine groups is 1. The number of halogens is 2. The number of hydrazine groups is 1. The predicted octanol–water partition coefficient (Wildman–Crippen LogP) is 10.2. The van der Waals surface area contributed by atoms with Gasteiger partial charge >= 0.3 is 0 Å². The molecule has 5 aromatic heterocycles. The maximum Gasteiger partial charge on any atom is 0.274 e. The summed E-state index contributed by atoms with van der Waals surface area (Å²) < 4.78 is 14.0. The van der Waals surface area contributed by atoms with Crippen LogP contribution in [0.1, 0.15) is 144 Å². The van der Waals surface area contributed by atoms with E-state index in [4.69, 9.17) is 39.9 Å². The van der Waals surface area contributed by atoms with E-state index in [1.807, 2.05) is 73.0 Å². The topological polar surface area (TPSA) is 508 Å². The summed E-state index contributed by atoms with van der Waals surface area (Å²) in [5.41, 5.74) is 43.2. The molecule has 5 aliphatic rings. The fraction of sp³-hybridized carbons (Fsp3) is 0.214. The van der Waals surface area contributed by atoms with E-state index >= 15 is 0 Å². The normalized spacial score (nSPS) is 15.5. The number of thioether (sulfide) groups is 1. The Morgan fingerprint density at radius 3 is 1.28 bits per heavy atom. The van der Waals surface area contributed by atoms with Crippen LogP contribution in [0.15, 0.2) is 242 Å². The van der Waals surface area contributed by atoms with Gasteiger partial charge in [-0.1, -0.05) is 127 Å². The number of pyridine rings is 1. The van der Waals surface area contributed by atoms with Crippen LogP contribution in [0, 0.1) is 11.2 Å². The second kappa shape index (κ2) is 44.4. The van der Waals surface area contributed by atoms with Crippen molar-refractivity contribution in [3.63, 3.8) is 0 Å². The Hall–Kier alpha value is -15.6. The molecule has 21 N–H and O–H groups in total. The van der Waals surface area contributed by atoms with Gasteiger partial charge in [0.15, 0.2) is 46.2 Å². The maximum atomic E-state index is 14.0. The highest BCUT2D eigenvalue weighted by Gasteiger charge is 2.30. The van der Waals surface area contributed by atoms with Gasteiger partial charge in [0.05, 0.1) is 59.3 Å². The summed E-state index contributed by atoms with van der Waals surface area (Å²) in [4.78, 5) is 129. The molecule has 0 spiro atoms. The van der Waals surface area contributed by atoms with Crippen LogP contribution in [0.4, 0.5) is 33.3 Å². The number of nitrogens with one attached hydrogen (secondary N) is 13. The van der Waals surface area contributed by atoms with Gasteiger partial charge in [0.2, 0.25) is 0 Å². The third-order valence-electron chi connectivity index (χ3n) is 22.9. The number of fused-ring (bicyclic) bond motifs is 2. The van der Waals surface area contributed by atoms with Gasteiger partial charge in [0.25, 0.3) is 41.4 Å². The van der Waals surface area contributed by atoms with E-state index < -0.39 is 17.6 Å². The summed E-state index contributed by atoms with van der Waals surface area (Å²) in [5, 5.41) is 38.8. The molecule has 0 bridgehead atoms. The Bertz CT molecular complexity index is 6440. The number of amides is 7. The lowest BCUT2D eigenvalue weighted by molar-refractivity contribution is 0.0927. The molecule has 3 fully saturated rings.